The summed E-state index contributed by atoms with van der Waals surface area (Å²) in [7, 11) is 0. The predicted octanol–water partition coefficient (Wildman–Crippen LogP) is 1.99. The van der Waals surface area contributed by atoms with Crippen LogP contribution in [0.15, 0.2) is 0 Å². The van der Waals surface area contributed by atoms with Gasteiger partial charge >= 0.3 is 23.9 Å². The molecule has 8 nitrogen and oxygen atoms in total. The first kappa shape index (κ1) is 29.3. The molecule has 30 heavy (non-hydrogen) atoms. The Morgan fingerprint density at radius 2 is 0.900 bits per heavy atom. The van der Waals surface area contributed by atoms with Crippen molar-refractivity contribution in [2.45, 2.75) is 6.42 Å². The molecule has 0 fully saturated rings. The van der Waals surface area contributed by atoms with Crippen molar-refractivity contribution in [3.05, 3.63) is 0 Å². The number of carbonyl (C=O) groups is 4. The summed E-state index contributed by atoms with van der Waals surface area (Å²) in [5.74, 6) is -0.814. The van der Waals surface area contributed by atoms with Crippen LogP contribution in [0, 0.1) is 5.41 Å². The SMILES string of the molecule is CSCCC(=O)OCC(COC(=O)CSC)(COC(=O)CSC)COC(=O)CSC. The van der Waals surface area contributed by atoms with Crippen molar-refractivity contribution in [3.8, 4) is 0 Å². The molecule has 0 unspecified atom stereocenters. The first-order valence-corrected chi connectivity index (χ1v) is 14.5. The molecular weight excluding hydrogens is 472 g/mol. The number of esters is 4. The first-order valence-electron chi connectivity index (χ1n) is 8.90. The van der Waals surface area contributed by atoms with Crippen LogP contribution in [-0.4, -0.2) is 98.3 Å². The lowest BCUT2D eigenvalue weighted by atomic mass is 9.92. The van der Waals surface area contributed by atoms with Crippen LogP contribution in [0.1, 0.15) is 6.42 Å². The van der Waals surface area contributed by atoms with Gasteiger partial charge in [-0.2, -0.15) is 47.0 Å². The van der Waals surface area contributed by atoms with Crippen molar-refractivity contribution >= 4 is 70.9 Å². The molecule has 0 spiro atoms. The molecule has 0 N–H and O–H groups in total. The predicted molar refractivity (Wildman–Crippen MR) is 124 cm³/mol. The zero-order chi connectivity index (χ0) is 22.8. The van der Waals surface area contributed by atoms with E-state index in [1.807, 2.05) is 6.26 Å². The van der Waals surface area contributed by atoms with E-state index in [1.54, 1.807) is 18.8 Å². The van der Waals surface area contributed by atoms with E-state index in [0.717, 1.165) is 0 Å². The normalized spacial score (nSPS) is 10.9. The lowest BCUT2D eigenvalue weighted by molar-refractivity contribution is -0.167. The Morgan fingerprint density at radius 1 is 0.567 bits per heavy atom. The van der Waals surface area contributed by atoms with Gasteiger partial charge in [0.1, 0.15) is 31.8 Å². The number of rotatable bonds is 17. The summed E-state index contributed by atoms with van der Waals surface area (Å²) in [5.41, 5.74) is -1.19. The van der Waals surface area contributed by atoms with Crippen molar-refractivity contribution < 1.29 is 38.1 Å². The van der Waals surface area contributed by atoms with Crippen LogP contribution in [0.5, 0.6) is 0 Å². The summed E-state index contributed by atoms with van der Waals surface area (Å²) in [5, 5.41) is 0. The van der Waals surface area contributed by atoms with Gasteiger partial charge in [0.15, 0.2) is 0 Å². The Balaban J connectivity index is 5.36. The number of hydrogen-bond donors (Lipinski definition) is 0. The maximum Gasteiger partial charge on any atom is 0.315 e. The van der Waals surface area contributed by atoms with Crippen LogP contribution < -0.4 is 0 Å². The van der Waals surface area contributed by atoms with E-state index in [0.29, 0.717) is 5.75 Å². The summed E-state index contributed by atoms with van der Waals surface area (Å²) >= 11 is 5.40. The minimum absolute atomic E-state index is 0.141. The Morgan fingerprint density at radius 3 is 1.20 bits per heavy atom. The van der Waals surface area contributed by atoms with Crippen molar-refractivity contribution in [3.63, 3.8) is 0 Å². The molecule has 0 aliphatic heterocycles. The number of carbonyl (C=O) groups excluding carboxylic acids is 4. The monoisotopic (exact) mass is 502 g/mol. The third-order valence-electron chi connectivity index (χ3n) is 3.45. The molecule has 0 aromatic carbocycles. The molecule has 0 aromatic heterocycles. The van der Waals surface area contributed by atoms with Gasteiger partial charge < -0.3 is 18.9 Å². The third-order valence-corrected chi connectivity index (χ3v) is 5.64. The fourth-order valence-corrected chi connectivity index (χ4v) is 3.25. The van der Waals surface area contributed by atoms with Gasteiger partial charge in [-0.05, 0) is 25.0 Å². The highest BCUT2D eigenvalue weighted by atomic mass is 32.2. The van der Waals surface area contributed by atoms with Gasteiger partial charge in [0.2, 0.25) is 0 Å². The van der Waals surface area contributed by atoms with E-state index in [2.05, 4.69) is 0 Å². The molecule has 0 aliphatic carbocycles. The van der Waals surface area contributed by atoms with E-state index in [4.69, 9.17) is 18.9 Å². The maximum absolute atomic E-state index is 12.0. The smallest absolute Gasteiger partial charge is 0.315 e. The Bertz CT molecular complexity index is 489. The summed E-state index contributed by atoms with van der Waals surface area (Å²) in [6.07, 6.45) is 7.37. The average molecular weight is 503 g/mol. The summed E-state index contributed by atoms with van der Waals surface area (Å²) in [6.45, 7) is -0.879. The van der Waals surface area contributed by atoms with Gasteiger partial charge in [-0.1, -0.05) is 0 Å². The maximum atomic E-state index is 12.0. The van der Waals surface area contributed by atoms with Crippen molar-refractivity contribution in [2.75, 3.05) is 74.5 Å². The van der Waals surface area contributed by atoms with Crippen molar-refractivity contribution in [1.29, 1.82) is 0 Å². The Labute approximate surface area is 195 Å². The van der Waals surface area contributed by atoms with E-state index in [9.17, 15) is 19.2 Å². The van der Waals surface area contributed by atoms with Crippen molar-refractivity contribution in [1.82, 2.24) is 0 Å². The Kier molecular flexibility index (Phi) is 17.5. The second-order valence-corrected chi connectivity index (χ2v) is 9.77. The molecule has 0 rings (SSSR count). The van der Waals surface area contributed by atoms with Gasteiger partial charge in [0.25, 0.3) is 0 Å². The van der Waals surface area contributed by atoms with Gasteiger partial charge in [-0.15, -0.1) is 0 Å². The fourth-order valence-electron chi connectivity index (χ4n) is 1.92. The van der Waals surface area contributed by atoms with E-state index < -0.39 is 29.3 Å². The molecule has 0 bridgehead atoms. The van der Waals surface area contributed by atoms with Crippen molar-refractivity contribution in [2.24, 2.45) is 5.41 Å². The molecule has 0 amide bonds. The molecule has 0 atom stereocenters. The van der Waals surface area contributed by atoms with Crippen LogP contribution in [0.3, 0.4) is 0 Å². The average Bonchev–Trinajstić information content (AvgIpc) is 2.72. The zero-order valence-corrected chi connectivity index (χ0v) is 21.0. The van der Waals surface area contributed by atoms with E-state index in [-0.39, 0.29) is 50.1 Å². The summed E-state index contributed by atoms with van der Waals surface area (Å²) in [4.78, 5) is 47.6. The largest absolute Gasteiger partial charge is 0.465 e. The molecule has 0 saturated heterocycles. The molecule has 174 valence electrons. The van der Waals surface area contributed by atoms with Gasteiger partial charge in [0.05, 0.1) is 23.7 Å². The summed E-state index contributed by atoms with van der Waals surface area (Å²) in [6, 6.07) is 0. The van der Waals surface area contributed by atoms with Crippen LogP contribution in [0.4, 0.5) is 0 Å². The number of ether oxygens (including phenoxy) is 4. The van der Waals surface area contributed by atoms with Crippen LogP contribution in [0.2, 0.25) is 0 Å². The highest BCUT2D eigenvalue weighted by Gasteiger charge is 2.37. The van der Waals surface area contributed by atoms with Crippen LogP contribution >= 0.6 is 47.0 Å². The molecular formula is C18H30O8S4. The standard InChI is InChI=1S/C18H30O8S4/c1-27-6-5-14(19)23-10-18(11-24-15(20)7-28-2,12-25-16(21)8-29-3)13-26-17(22)9-30-4/h5-13H2,1-4H3. The van der Waals surface area contributed by atoms with E-state index in [1.165, 1.54) is 47.0 Å². The van der Waals surface area contributed by atoms with Crippen LogP contribution in [0.25, 0.3) is 0 Å². The second-order valence-electron chi connectivity index (χ2n) is 6.18. The first-order chi connectivity index (χ1) is 14.3. The van der Waals surface area contributed by atoms with E-state index >= 15 is 0 Å². The molecule has 0 aromatic rings. The van der Waals surface area contributed by atoms with Crippen LogP contribution in [-0.2, 0) is 38.1 Å². The minimum atomic E-state index is -1.19. The molecule has 0 aliphatic rings. The topological polar surface area (TPSA) is 105 Å². The quantitative estimate of drug-likeness (QED) is 0.214. The highest BCUT2D eigenvalue weighted by Crippen LogP contribution is 2.22. The Hall–Kier alpha value is -0.720. The zero-order valence-electron chi connectivity index (χ0n) is 17.8. The van der Waals surface area contributed by atoms with Gasteiger partial charge in [-0.3, -0.25) is 19.2 Å². The molecule has 0 saturated carbocycles. The fraction of sp³-hybridized carbons (Fsp3) is 0.778. The number of hydrogen-bond acceptors (Lipinski definition) is 12. The molecule has 0 radical (unpaired) electrons. The second kappa shape index (κ2) is 17.9. The minimum Gasteiger partial charge on any atom is -0.465 e. The third kappa shape index (κ3) is 14.3. The molecule has 12 heteroatoms. The number of thioether (sulfide) groups is 4. The lowest BCUT2D eigenvalue weighted by Gasteiger charge is -2.31. The van der Waals surface area contributed by atoms with Gasteiger partial charge in [-0.25, -0.2) is 0 Å². The highest BCUT2D eigenvalue weighted by molar-refractivity contribution is 7.99. The van der Waals surface area contributed by atoms with Gasteiger partial charge in [0, 0.05) is 5.75 Å². The molecule has 0 heterocycles. The lowest BCUT2D eigenvalue weighted by Crippen LogP contribution is -2.44. The summed E-state index contributed by atoms with van der Waals surface area (Å²) < 4.78 is 21.2.